The van der Waals surface area contributed by atoms with Crippen molar-refractivity contribution >= 4 is 0 Å². The first kappa shape index (κ1) is 14.0. The molecule has 17 heavy (non-hydrogen) atoms. The van der Waals surface area contributed by atoms with Crippen LogP contribution < -0.4 is 10.1 Å². The zero-order chi connectivity index (χ0) is 12.5. The molecule has 96 valence electrons. The number of nitrogens with one attached hydrogen (secondary N) is 1. The topological polar surface area (TPSA) is 30.5 Å². The van der Waals surface area contributed by atoms with E-state index in [1.165, 1.54) is 0 Å². The average Bonchev–Trinajstić information content (AvgIpc) is 2.38. The Morgan fingerprint density at radius 2 is 2.00 bits per heavy atom. The molecule has 0 aliphatic heterocycles. The minimum absolute atomic E-state index is 0.183. The van der Waals surface area contributed by atoms with E-state index in [4.69, 9.17) is 9.47 Å². The predicted molar refractivity (Wildman–Crippen MR) is 70.5 cm³/mol. The third-order valence-corrected chi connectivity index (χ3v) is 2.59. The molecular weight excluding hydrogens is 214 g/mol. The first-order chi connectivity index (χ1) is 8.33. The summed E-state index contributed by atoms with van der Waals surface area (Å²) >= 11 is 0. The highest BCUT2D eigenvalue weighted by Gasteiger charge is 2.13. The molecule has 0 aliphatic carbocycles. The van der Waals surface area contributed by atoms with Crippen LogP contribution in [0, 0.1) is 0 Å². The summed E-state index contributed by atoms with van der Waals surface area (Å²) in [5.74, 6) is 0.952. The largest absolute Gasteiger partial charge is 0.493 e. The van der Waals surface area contributed by atoms with Crippen LogP contribution in [-0.4, -0.2) is 26.9 Å². The smallest absolute Gasteiger partial charge is 0.124 e. The Morgan fingerprint density at radius 1 is 1.24 bits per heavy atom. The maximum absolute atomic E-state index is 5.75. The molecule has 0 aromatic heterocycles. The lowest BCUT2D eigenvalue weighted by Gasteiger charge is -2.19. The Balaban J connectivity index is 2.77. The van der Waals surface area contributed by atoms with E-state index in [0.717, 1.165) is 30.9 Å². The first-order valence-electron chi connectivity index (χ1n) is 6.30. The molecule has 3 nitrogen and oxygen atoms in total. The van der Waals surface area contributed by atoms with E-state index in [2.05, 4.69) is 18.3 Å². The van der Waals surface area contributed by atoms with Crippen LogP contribution in [0.2, 0.25) is 0 Å². The van der Waals surface area contributed by atoms with Gasteiger partial charge >= 0.3 is 0 Å². The molecule has 1 unspecified atom stereocenters. The molecule has 0 radical (unpaired) electrons. The molecule has 0 heterocycles. The second-order valence-corrected chi connectivity index (χ2v) is 3.89. The fourth-order valence-electron chi connectivity index (χ4n) is 1.68. The van der Waals surface area contributed by atoms with E-state index in [-0.39, 0.29) is 6.04 Å². The van der Waals surface area contributed by atoms with Crippen molar-refractivity contribution in [2.24, 2.45) is 0 Å². The zero-order valence-corrected chi connectivity index (χ0v) is 11.0. The summed E-state index contributed by atoms with van der Waals surface area (Å²) in [5, 5.41) is 3.26. The van der Waals surface area contributed by atoms with Crippen LogP contribution in [0.25, 0.3) is 0 Å². The second-order valence-electron chi connectivity index (χ2n) is 3.89. The third-order valence-electron chi connectivity index (χ3n) is 2.59. The highest BCUT2D eigenvalue weighted by molar-refractivity contribution is 5.36. The van der Waals surface area contributed by atoms with Gasteiger partial charge in [-0.25, -0.2) is 0 Å². The van der Waals surface area contributed by atoms with E-state index in [1.54, 1.807) is 0 Å². The van der Waals surface area contributed by atoms with Gasteiger partial charge in [-0.05, 0) is 26.5 Å². The van der Waals surface area contributed by atoms with E-state index < -0.39 is 0 Å². The summed E-state index contributed by atoms with van der Waals surface area (Å²) in [6.45, 7) is 6.27. The predicted octanol–water partition coefficient (Wildman–Crippen LogP) is 2.77. The van der Waals surface area contributed by atoms with Gasteiger partial charge in [-0.2, -0.15) is 0 Å². The fraction of sp³-hybridized carbons (Fsp3) is 0.571. The van der Waals surface area contributed by atoms with Gasteiger partial charge in [0.2, 0.25) is 0 Å². The molecule has 1 atom stereocenters. The third kappa shape index (κ3) is 4.36. The molecule has 0 bridgehead atoms. The molecule has 1 N–H and O–H groups in total. The quantitative estimate of drug-likeness (QED) is 0.754. The van der Waals surface area contributed by atoms with Crippen molar-refractivity contribution in [3.63, 3.8) is 0 Å². The summed E-state index contributed by atoms with van der Waals surface area (Å²) in [7, 11) is 1.94. The molecular formula is C14H23NO2. The molecule has 0 amide bonds. The lowest BCUT2D eigenvalue weighted by molar-refractivity contribution is 0.124. The Hall–Kier alpha value is -1.06. The van der Waals surface area contributed by atoms with E-state index in [1.807, 2.05) is 32.2 Å². The standard InChI is InChI=1S/C14H23NO2/c1-4-10-17-14-9-7-6-8-12(14)13(15-3)11-16-5-2/h6-9,13,15H,4-5,10-11H2,1-3H3. The Labute approximate surface area is 104 Å². The molecule has 1 aromatic carbocycles. The van der Waals surface area contributed by atoms with Crippen LogP contribution in [0.5, 0.6) is 5.75 Å². The average molecular weight is 237 g/mol. The van der Waals surface area contributed by atoms with Gasteiger partial charge in [0.1, 0.15) is 5.75 Å². The van der Waals surface area contributed by atoms with Crippen molar-refractivity contribution < 1.29 is 9.47 Å². The Kier molecular flexibility index (Phi) is 6.67. The Morgan fingerprint density at radius 3 is 2.65 bits per heavy atom. The normalized spacial score (nSPS) is 12.4. The number of benzene rings is 1. The molecule has 0 saturated carbocycles. The molecule has 0 fully saturated rings. The van der Waals surface area contributed by atoms with Crippen LogP contribution in [-0.2, 0) is 4.74 Å². The summed E-state index contributed by atoms with van der Waals surface area (Å²) in [5.41, 5.74) is 1.16. The second kappa shape index (κ2) is 8.09. The number of hydrogen-bond donors (Lipinski definition) is 1. The van der Waals surface area contributed by atoms with E-state index in [0.29, 0.717) is 6.61 Å². The summed E-state index contributed by atoms with van der Waals surface area (Å²) < 4.78 is 11.2. The zero-order valence-electron chi connectivity index (χ0n) is 11.0. The number of likely N-dealkylation sites (N-methyl/N-ethyl adjacent to an activating group) is 1. The van der Waals surface area contributed by atoms with Crippen molar-refractivity contribution in [3.05, 3.63) is 29.8 Å². The van der Waals surface area contributed by atoms with Gasteiger partial charge in [0.05, 0.1) is 19.3 Å². The lowest BCUT2D eigenvalue weighted by Crippen LogP contribution is -2.22. The maximum atomic E-state index is 5.75. The van der Waals surface area contributed by atoms with Gasteiger partial charge < -0.3 is 14.8 Å². The molecule has 0 spiro atoms. The van der Waals surface area contributed by atoms with Gasteiger partial charge in [-0.1, -0.05) is 25.1 Å². The summed E-state index contributed by atoms with van der Waals surface area (Å²) in [4.78, 5) is 0. The molecule has 0 aliphatic rings. The summed E-state index contributed by atoms with van der Waals surface area (Å²) in [6.07, 6.45) is 1.02. The first-order valence-corrected chi connectivity index (χ1v) is 6.30. The van der Waals surface area contributed by atoms with E-state index in [9.17, 15) is 0 Å². The van der Waals surface area contributed by atoms with Gasteiger partial charge in [-0.3, -0.25) is 0 Å². The van der Waals surface area contributed by atoms with Crippen molar-refractivity contribution in [1.29, 1.82) is 0 Å². The van der Waals surface area contributed by atoms with Crippen molar-refractivity contribution in [1.82, 2.24) is 5.32 Å². The van der Waals surface area contributed by atoms with Gasteiger partial charge in [-0.15, -0.1) is 0 Å². The van der Waals surface area contributed by atoms with Crippen LogP contribution in [0.4, 0.5) is 0 Å². The maximum Gasteiger partial charge on any atom is 0.124 e. The number of hydrogen-bond acceptors (Lipinski definition) is 3. The van der Waals surface area contributed by atoms with Crippen LogP contribution >= 0.6 is 0 Å². The number of para-hydroxylation sites is 1. The van der Waals surface area contributed by atoms with E-state index >= 15 is 0 Å². The highest BCUT2D eigenvalue weighted by Crippen LogP contribution is 2.25. The van der Waals surface area contributed by atoms with Crippen LogP contribution in [0.1, 0.15) is 31.9 Å². The molecule has 0 saturated heterocycles. The van der Waals surface area contributed by atoms with Crippen molar-refractivity contribution in [3.8, 4) is 5.75 Å². The minimum Gasteiger partial charge on any atom is -0.493 e. The van der Waals surface area contributed by atoms with Gasteiger partial charge in [0.25, 0.3) is 0 Å². The highest BCUT2D eigenvalue weighted by atomic mass is 16.5. The van der Waals surface area contributed by atoms with Crippen LogP contribution in [0.3, 0.4) is 0 Å². The van der Waals surface area contributed by atoms with Gasteiger partial charge in [0, 0.05) is 12.2 Å². The minimum atomic E-state index is 0.183. The van der Waals surface area contributed by atoms with Crippen molar-refractivity contribution in [2.45, 2.75) is 26.3 Å². The molecule has 3 heteroatoms. The lowest BCUT2D eigenvalue weighted by atomic mass is 10.1. The Bertz CT molecular complexity index is 315. The number of rotatable bonds is 8. The van der Waals surface area contributed by atoms with Gasteiger partial charge in [0.15, 0.2) is 0 Å². The van der Waals surface area contributed by atoms with Crippen LogP contribution in [0.15, 0.2) is 24.3 Å². The fourth-order valence-corrected chi connectivity index (χ4v) is 1.68. The molecule has 1 aromatic rings. The number of ether oxygens (including phenoxy) is 2. The summed E-state index contributed by atoms with van der Waals surface area (Å²) in [6, 6.07) is 8.32. The van der Waals surface area contributed by atoms with Crippen molar-refractivity contribution in [2.75, 3.05) is 26.9 Å². The SMILES string of the molecule is CCCOc1ccccc1C(COCC)NC. The molecule has 1 rings (SSSR count). The monoisotopic (exact) mass is 237 g/mol.